The van der Waals surface area contributed by atoms with Crippen molar-refractivity contribution in [2.45, 2.75) is 50.5 Å². The summed E-state index contributed by atoms with van der Waals surface area (Å²) in [7, 11) is 0. The van der Waals surface area contributed by atoms with Gasteiger partial charge in [0.2, 0.25) is 0 Å². The van der Waals surface area contributed by atoms with Gasteiger partial charge in [-0.1, -0.05) is 0 Å². The fourth-order valence-corrected chi connectivity index (χ4v) is 2.79. The summed E-state index contributed by atoms with van der Waals surface area (Å²) in [6.07, 6.45) is 5.18. The zero-order chi connectivity index (χ0) is 14.1. The van der Waals surface area contributed by atoms with E-state index in [4.69, 9.17) is 5.11 Å². The molecule has 2 aliphatic carbocycles. The first-order valence-corrected chi connectivity index (χ1v) is 7.22. The summed E-state index contributed by atoms with van der Waals surface area (Å²) >= 11 is 0. The van der Waals surface area contributed by atoms with E-state index in [1.807, 2.05) is 0 Å². The summed E-state index contributed by atoms with van der Waals surface area (Å²) in [5, 5.41) is 12.3. The molecule has 6 nitrogen and oxygen atoms in total. The standard InChI is InChI=1S/C14H19N3O3/c18-12-7-11(16-13(17-12)8-1-2-8)15-10-5-3-9(4-6-10)14(19)20/h7-10H,1-6H2,(H,19,20)(H2,15,16,17,18). The third-order valence-electron chi connectivity index (χ3n) is 4.15. The average molecular weight is 277 g/mol. The number of nitrogens with one attached hydrogen (secondary N) is 2. The van der Waals surface area contributed by atoms with Gasteiger partial charge in [-0.25, -0.2) is 4.98 Å². The van der Waals surface area contributed by atoms with Crippen LogP contribution in [0.1, 0.15) is 50.3 Å². The van der Waals surface area contributed by atoms with E-state index in [9.17, 15) is 9.59 Å². The Labute approximate surface area is 116 Å². The van der Waals surface area contributed by atoms with Crippen LogP contribution in [0.5, 0.6) is 0 Å². The number of anilines is 1. The van der Waals surface area contributed by atoms with Crippen molar-refractivity contribution in [3.8, 4) is 0 Å². The minimum atomic E-state index is -0.700. The monoisotopic (exact) mass is 277 g/mol. The zero-order valence-corrected chi connectivity index (χ0v) is 11.3. The number of aliphatic carboxylic acids is 1. The second-order valence-electron chi connectivity index (χ2n) is 5.82. The highest BCUT2D eigenvalue weighted by atomic mass is 16.4. The van der Waals surface area contributed by atoms with Crippen molar-refractivity contribution in [2.75, 3.05) is 5.32 Å². The minimum absolute atomic E-state index is 0.122. The van der Waals surface area contributed by atoms with Gasteiger partial charge in [0.05, 0.1) is 5.92 Å². The van der Waals surface area contributed by atoms with Crippen molar-refractivity contribution in [1.29, 1.82) is 0 Å². The van der Waals surface area contributed by atoms with Crippen LogP contribution in [0.3, 0.4) is 0 Å². The second kappa shape index (κ2) is 5.26. The molecule has 20 heavy (non-hydrogen) atoms. The molecule has 3 rings (SSSR count). The Bertz CT molecular complexity index is 557. The fraction of sp³-hybridized carbons (Fsp3) is 0.643. The highest BCUT2D eigenvalue weighted by Gasteiger charge is 2.28. The molecule has 2 fully saturated rings. The van der Waals surface area contributed by atoms with Crippen molar-refractivity contribution < 1.29 is 9.90 Å². The first-order valence-electron chi connectivity index (χ1n) is 7.22. The van der Waals surface area contributed by atoms with Crippen LogP contribution in [0.4, 0.5) is 5.82 Å². The molecule has 1 aromatic heterocycles. The molecule has 0 spiro atoms. The van der Waals surface area contributed by atoms with Crippen molar-refractivity contribution in [2.24, 2.45) is 5.92 Å². The Morgan fingerprint density at radius 3 is 2.55 bits per heavy atom. The Morgan fingerprint density at radius 1 is 1.25 bits per heavy atom. The molecule has 2 aliphatic rings. The van der Waals surface area contributed by atoms with Crippen LogP contribution >= 0.6 is 0 Å². The molecule has 0 bridgehead atoms. The average Bonchev–Trinajstić information content (AvgIpc) is 3.23. The van der Waals surface area contributed by atoms with Gasteiger partial charge in [-0.15, -0.1) is 0 Å². The lowest BCUT2D eigenvalue weighted by molar-refractivity contribution is -0.142. The summed E-state index contributed by atoms with van der Waals surface area (Å²) in [5.74, 6) is 0.886. The van der Waals surface area contributed by atoms with Gasteiger partial charge in [0.15, 0.2) is 0 Å². The lowest BCUT2D eigenvalue weighted by atomic mass is 9.86. The first kappa shape index (κ1) is 13.1. The third kappa shape index (κ3) is 3.00. The van der Waals surface area contributed by atoms with Crippen LogP contribution in [0.2, 0.25) is 0 Å². The number of carbonyl (C=O) groups is 1. The van der Waals surface area contributed by atoms with Crippen LogP contribution in [0.15, 0.2) is 10.9 Å². The Kier molecular flexibility index (Phi) is 3.46. The van der Waals surface area contributed by atoms with Gasteiger partial charge in [0.1, 0.15) is 11.6 Å². The van der Waals surface area contributed by atoms with Gasteiger partial charge < -0.3 is 15.4 Å². The number of H-pyrrole nitrogens is 1. The lowest BCUT2D eigenvalue weighted by Gasteiger charge is -2.27. The summed E-state index contributed by atoms with van der Waals surface area (Å²) in [5.41, 5.74) is -0.122. The maximum Gasteiger partial charge on any atom is 0.306 e. The number of carboxylic acids is 1. The number of hydrogen-bond donors (Lipinski definition) is 3. The summed E-state index contributed by atoms with van der Waals surface area (Å²) in [6, 6.07) is 1.70. The maximum atomic E-state index is 11.6. The molecule has 1 aromatic rings. The van der Waals surface area contributed by atoms with Crippen LogP contribution < -0.4 is 10.9 Å². The van der Waals surface area contributed by atoms with E-state index in [1.165, 1.54) is 6.07 Å². The van der Waals surface area contributed by atoms with Crippen molar-refractivity contribution >= 4 is 11.8 Å². The van der Waals surface area contributed by atoms with Gasteiger partial charge in [-0.05, 0) is 38.5 Å². The van der Waals surface area contributed by atoms with Gasteiger partial charge in [-0.2, -0.15) is 0 Å². The van der Waals surface area contributed by atoms with E-state index in [-0.39, 0.29) is 17.5 Å². The normalized spacial score (nSPS) is 26.2. The first-order chi connectivity index (χ1) is 9.61. The smallest absolute Gasteiger partial charge is 0.306 e. The maximum absolute atomic E-state index is 11.6. The van der Waals surface area contributed by atoms with E-state index in [2.05, 4.69) is 15.3 Å². The molecular weight excluding hydrogens is 258 g/mol. The largest absolute Gasteiger partial charge is 0.481 e. The molecule has 3 N–H and O–H groups in total. The number of carboxylic acid groups (broad SMARTS) is 1. The number of hydrogen-bond acceptors (Lipinski definition) is 4. The Morgan fingerprint density at radius 2 is 1.95 bits per heavy atom. The van der Waals surface area contributed by atoms with Gasteiger partial charge in [0, 0.05) is 18.0 Å². The summed E-state index contributed by atoms with van der Waals surface area (Å²) < 4.78 is 0. The van der Waals surface area contributed by atoms with E-state index in [0.29, 0.717) is 24.6 Å². The van der Waals surface area contributed by atoms with Gasteiger partial charge in [-0.3, -0.25) is 9.59 Å². The quantitative estimate of drug-likeness (QED) is 0.778. The number of aromatic nitrogens is 2. The molecule has 0 amide bonds. The van der Waals surface area contributed by atoms with Crippen molar-refractivity contribution in [1.82, 2.24) is 9.97 Å². The van der Waals surface area contributed by atoms with Crippen LogP contribution in [-0.2, 0) is 4.79 Å². The number of rotatable bonds is 4. The number of aromatic amines is 1. The molecule has 2 saturated carbocycles. The van der Waals surface area contributed by atoms with Crippen LogP contribution in [0.25, 0.3) is 0 Å². The van der Waals surface area contributed by atoms with Crippen LogP contribution in [0, 0.1) is 5.92 Å². The van der Waals surface area contributed by atoms with Crippen molar-refractivity contribution in [3.63, 3.8) is 0 Å². The predicted octanol–water partition coefficient (Wildman–Crippen LogP) is 1.70. The molecule has 108 valence electrons. The molecule has 0 radical (unpaired) electrons. The molecule has 0 saturated heterocycles. The Balaban J connectivity index is 1.63. The predicted molar refractivity (Wildman–Crippen MR) is 73.8 cm³/mol. The van der Waals surface area contributed by atoms with Gasteiger partial charge in [0.25, 0.3) is 5.56 Å². The van der Waals surface area contributed by atoms with E-state index in [1.54, 1.807) is 0 Å². The van der Waals surface area contributed by atoms with E-state index in [0.717, 1.165) is 31.5 Å². The van der Waals surface area contributed by atoms with Crippen LogP contribution in [-0.4, -0.2) is 27.1 Å². The van der Waals surface area contributed by atoms with E-state index >= 15 is 0 Å². The summed E-state index contributed by atoms with van der Waals surface area (Å²) in [6.45, 7) is 0. The molecule has 1 heterocycles. The molecule has 0 unspecified atom stereocenters. The molecule has 0 atom stereocenters. The van der Waals surface area contributed by atoms with E-state index < -0.39 is 5.97 Å². The topological polar surface area (TPSA) is 95.1 Å². The molecule has 0 aliphatic heterocycles. The van der Waals surface area contributed by atoms with Crippen molar-refractivity contribution in [3.05, 3.63) is 22.2 Å². The summed E-state index contributed by atoms with van der Waals surface area (Å²) in [4.78, 5) is 29.8. The molecular formula is C14H19N3O3. The fourth-order valence-electron chi connectivity index (χ4n) is 2.79. The SMILES string of the molecule is O=C(O)C1CCC(Nc2cc(=O)[nH]c(C3CC3)n2)CC1. The van der Waals surface area contributed by atoms with Gasteiger partial charge >= 0.3 is 5.97 Å². The lowest BCUT2D eigenvalue weighted by Crippen LogP contribution is -2.30. The zero-order valence-electron chi connectivity index (χ0n) is 11.3. The minimum Gasteiger partial charge on any atom is -0.481 e. The highest BCUT2D eigenvalue weighted by molar-refractivity contribution is 5.70. The second-order valence-corrected chi connectivity index (χ2v) is 5.82. The highest BCUT2D eigenvalue weighted by Crippen LogP contribution is 2.37. The molecule has 0 aromatic carbocycles. The number of nitrogens with zero attached hydrogens (tertiary/aromatic N) is 1. The Hall–Kier alpha value is -1.85. The third-order valence-corrected chi connectivity index (χ3v) is 4.15. The molecule has 6 heteroatoms.